The second-order valence-electron chi connectivity index (χ2n) is 2.69. The van der Waals surface area contributed by atoms with Crippen molar-refractivity contribution in [2.24, 2.45) is 0 Å². The number of hydrogen-bond acceptors (Lipinski definition) is 3. The predicted octanol–water partition coefficient (Wildman–Crippen LogP) is 0.816. The molecule has 0 aromatic carbocycles. The molecule has 0 unspecified atom stereocenters. The molecule has 1 aromatic heterocycles. The number of hydrogen-bond donors (Lipinski definition) is 0. The van der Waals surface area contributed by atoms with Gasteiger partial charge in [-0.05, 0) is 12.1 Å². The maximum absolute atomic E-state index is 12.4. The van der Waals surface area contributed by atoms with Crippen LogP contribution in [0.3, 0.4) is 0 Å². The molecule has 0 bridgehead atoms. The summed E-state index contributed by atoms with van der Waals surface area (Å²) < 4.78 is 12.4. The maximum Gasteiger partial charge on any atom is 0.256 e. The lowest BCUT2D eigenvalue weighted by Crippen LogP contribution is -2.27. The van der Waals surface area contributed by atoms with Gasteiger partial charge in [0.1, 0.15) is 6.54 Å². The fraction of sp³-hybridized carbons (Fsp3) is 0.222. The van der Waals surface area contributed by atoms with E-state index in [0.717, 1.165) is 12.3 Å². The summed E-state index contributed by atoms with van der Waals surface area (Å²) in [6.45, 7) is -0.00376. The van der Waals surface area contributed by atoms with E-state index in [9.17, 15) is 9.18 Å². The molecule has 0 fully saturated rings. The largest absolute Gasteiger partial charge is 0.328 e. The molecular weight excluding hydrogens is 185 g/mol. The van der Waals surface area contributed by atoms with E-state index in [1.54, 1.807) is 0 Å². The SMILES string of the molecule is CN(CC#N)C(=O)c1ccc(F)nc1. The highest BCUT2D eigenvalue weighted by Crippen LogP contribution is 2.02. The van der Waals surface area contributed by atoms with Crippen LogP contribution in [0.5, 0.6) is 0 Å². The van der Waals surface area contributed by atoms with Crippen molar-refractivity contribution in [3.05, 3.63) is 29.8 Å². The number of carbonyl (C=O) groups excluding carboxylic acids is 1. The third-order valence-corrected chi connectivity index (χ3v) is 1.63. The highest BCUT2D eigenvalue weighted by Gasteiger charge is 2.10. The van der Waals surface area contributed by atoms with Crippen LogP contribution in [0.4, 0.5) is 4.39 Å². The van der Waals surface area contributed by atoms with Crippen LogP contribution in [0.1, 0.15) is 10.4 Å². The fourth-order valence-corrected chi connectivity index (χ4v) is 0.901. The van der Waals surface area contributed by atoms with Gasteiger partial charge in [-0.2, -0.15) is 9.65 Å². The van der Waals surface area contributed by atoms with Crippen LogP contribution in [-0.4, -0.2) is 29.4 Å². The first kappa shape index (κ1) is 10.1. The van der Waals surface area contributed by atoms with Crippen molar-refractivity contribution in [1.82, 2.24) is 9.88 Å². The molecule has 0 aliphatic rings. The lowest BCUT2D eigenvalue weighted by Gasteiger charge is -2.12. The zero-order valence-electron chi connectivity index (χ0n) is 7.57. The second kappa shape index (κ2) is 4.33. The Morgan fingerprint density at radius 3 is 2.93 bits per heavy atom. The summed E-state index contributed by atoms with van der Waals surface area (Å²) in [5, 5.41) is 8.36. The van der Waals surface area contributed by atoms with E-state index in [1.165, 1.54) is 18.0 Å². The van der Waals surface area contributed by atoms with Crippen LogP contribution in [0.25, 0.3) is 0 Å². The minimum atomic E-state index is -0.635. The van der Waals surface area contributed by atoms with Crippen molar-refractivity contribution in [2.75, 3.05) is 13.6 Å². The van der Waals surface area contributed by atoms with Gasteiger partial charge >= 0.3 is 0 Å². The Morgan fingerprint density at radius 1 is 1.71 bits per heavy atom. The molecule has 0 spiro atoms. The molecule has 1 aromatic rings. The number of rotatable bonds is 2. The molecule has 4 nitrogen and oxygen atoms in total. The van der Waals surface area contributed by atoms with Gasteiger partial charge in [-0.1, -0.05) is 0 Å². The van der Waals surface area contributed by atoms with Crippen LogP contribution < -0.4 is 0 Å². The minimum Gasteiger partial charge on any atom is -0.328 e. The molecule has 0 radical (unpaired) electrons. The van der Waals surface area contributed by atoms with Crippen molar-refractivity contribution < 1.29 is 9.18 Å². The van der Waals surface area contributed by atoms with Gasteiger partial charge in [-0.25, -0.2) is 4.98 Å². The normalized spacial score (nSPS) is 9.21. The number of nitrogens with zero attached hydrogens (tertiary/aromatic N) is 3. The van der Waals surface area contributed by atoms with Crippen LogP contribution in [-0.2, 0) is 0 Å². The first-order chi connectivity index (χ1) is 6.65. The van der Waals surface area contributed by atoms with Crippen molar-refractivity contribution in [3.8, 4) is 6.07 Å². The van der Waals surface area contributed by atoms with Crippen LogP contribution >= 0.6 is 0 Å². The van der Waals surface area contributed by atoms with Crippen LogP contribution in [0.2, 0.25) is 0 Å². The van der Waals surface area contributed by atoms with E-state index in [0.29, 0.717) is 0 Å². The van der Waals surface area contributed by atoms with Gasteiger partial charge in [0.2, 0.25) is 5.95 Å². The molecular formula is C9H8FN3O. The lowest BCUT2D eigenvalue weighted by molar-refractivity contribution is 0.0811. The van der Waals surface area contributed by atoms with Gasteiger partial charge in [0.15, 0.2) is 0 Å². The molecule has 0 saturated carbocycles. The van der Waals surface area contributed by atoms with Crippen LogP contribution in [0, 0.1) is 17.3 Å². The highest BCUT2D eigenvalue weighted by atomic mass is 19.1. The Balaban J connectivity index is 2.80. The highest BCUT2D eigenvalue weighted by molar-refractivity contribution is 5.93. The molecule has 1 rings (SSSR count). The van der Waals surface area contributed by atoms with Gasteiger partial charge in [0, 0.05) is 13.2 Å². The maximum atomic E-state index is 12.4. The first-order valence-corrected chi connectivity index (χ1v) is 3.89. The molecule has 1 amide bonds. The van der Waals surface area contributed by atoms with E-state index in [2.05, 4.69) is 4.98 Å². The third-order valence-electron chi connectivity index (χ3n) is 1.63. The van der Waals surface area contributed by atoms with E-state index in [-0.39, 0.29) is 18.0 Å². The average molecular weight is 193 g/mol. The molecule has 14 heavy (non-hydrogen) atoms. The molecule has 0 saturated heterocycles. The topological polar surface area (TPSA) is 57.0 Å². The van der Waals surface area contributed by atoms with E-state index in [4.69, 9.17) is 5.26 Å². The quantitative estimate of drug-likeness (QED) is 0.516. The standard InChI is InChI=1S/C9H8FN3O/c1-13(5-4-11)9(14)7-2-3-8(10)12-6-7/h2-3,6H,5H2,1H3. The zero-order valence-corrected chi connectivity index (χ0v) is 7.57. The predicted molar refractivity (Wildman–Crippen MR) is 46.8 cm³/mol. The summed E-state index contributed by atoms with van der Waals surface area (Å²) in [7, 11) is 1.49. The van der Waals surface area contributed by atoms with E-state index in [1.807, 2.05) is 6.07 Å². The number of pyridine rings is 1. The average Bonchev–Trinajstić information content (AvgIpc) is 2.18. The summed E-state index contributed by atoms with van der Waals surface area (Å²) in [4.78, 5) is 16.0. The van der Waals surface area contributed by atoms with Gasteiger partial charge in [0.25, 0.3) is 5.91 Å². The summed E-state index contributed by atoms with van der Waals surface area (Å²) in [5.41, 5.74) is 0.268. The van der Waals surface area contributed by atoms with Crippen molar-refractivity contribution >= 4 is 5.91 Å². The van der Waals surface area contributed by atoms with Gasteiger partial charge in [-0.15, -0.1) is 0 Å². The molecule has 0 aliphatic heterocycles. The summed E-state index contributed by atoms with van der Waals surface area (Å²) in [5.74, 6) is -0.983. The fourth-order valence-electron chi connectivity index (χ4n) is 0.901. The van der Waals surface area contributed by atoms with Crippen molar-refractivity contribution in [2.45, 2.75) is 0 Å². The first-order valence-electron chi connectivity index (χ1n) is 3.89. The van der Waals surface area contributed by atoms with Gasteiger partial charge in [0.05, 0.1) is 11.6 Å². The van der Waals surface area contributed by atoms with Gasteiger partial charge in [-0.3, -0.25) is 4.79 Å². The molecule has 0 N–H and O–H groups in total. The second-order valence-corrected chi connectivity index (χ2v) is 2.69. The lowest BCUT2D eigenvalue weighted by atomic mass is 10.2. The minimum absolute atomic E-state index is 0.00376. The summed E-state index contributed by atoms with van der Waals surface area (Å²) >= 11 is 0. The van der Waals surface area contributed by atoms with E-state index < -0.39 is 5.95 Å². The number of halogens is 1. The molecule has 72 valence electrons. The zero-order chi connectivity index (χ0) is 10.6. The Hall–Kier alpha value is -1.96. The summed E-state index contributed by atoms with van der Waals surface area (Å²) in [6.07, 6.45) is 1.14. The monoisotopic (exact) mass is 193 g/mol. The van der Waals surface area contributed by atoms with Gasteiger partial charge < -0.3 is 4.90 Å². The third kappa shape index (κ3) is 2.26. The summed E-state index contributed by atoms with van der Waals surface area (Å²) in [6, 6.07) is 4.28. The number of carbonyl (C=O) groups is 1. The Bertz CT molecular complexity index is 369. The van der Waals surface area contributed by atoms with Crippen molar-refractivity contribution in [1.29, 1.82) is 5.26 Å². The van der Waals surface area contributed by atoms with Crippen LogP contribution in [0.15, 0.2) is 18.3 Å². The van der Waals surface area contributed by atoms with E-state index >= 15 is 0 Å². The Morgan fingerprint density at radius 2 is 2.43 bits per heavy atom. The smallest absolute Gasteiger partial charge is 0.256 e. The number of aromatic nitrogens is 1. The number of nitriles is 1. The Kier molecular flexibility index (Phi) is 3.13. The molecule has 1 heterocycles. The Labute approximate surface area is 80.6 Å². The molecule has 0 aliphatic carbocycles. The van der Waals surface area contributed by atoms with Crippen molar-refractivity contribution in [3.63, 3.8) is 0 Å². The molecule has 0 atom stereocenters. The molecule has 5 heteroatoms. The number of amides is 1.